The van der Waals surface area contributed by atoms with Gasteiger partial charge in [-0.25, -0.2) is 4.39 Å². The molecule has 2 nitrogen and oxygen atoms in total. The third kappa shape index (κ3) is 3.73. The number of hydrogen-bond donors (Lipinski definition) is 1. The summed E-state index contributed by atoms with van der Waals surface area (Å²) in [5.41, 5.74) is 1.15. The summed E-state index contributed by atoms with van der Waals surface area (Å²) < 4.78 is 12.7. The second kappa shape index (κ2) is 6.23. The summed E-state index contributed by atoms with van der Waals surface area (Å²) >= 11 is 1.84. The molecule has 1 atom stereocenters. The zero-order valence-corrected chi connectivity index (χ0v) is 11.6. The van der Waals surface area contributed by atoms with E-state index in [1.54, 1.807) is 0 Å². The number of aliphatic imine (C=N–C) groups is 1. The highest BCUT2D eigenvalue weighted by molar-refractivity contribution is 8.14. The van der Waals surface area contributed by atoms with Crippen molar-refractivity contribution in [2.75, 3.05) is 13.1 Å². The lowest BCUT2D eigenvalue weighted by molar-refractivity contribution is 0.621. The first-order chi connectivity index (χ1) is 8.65. The Balaban J connectivity index is 1.72. The Morgan fingerprint density at radius 2 is 2.11 bits per heavy atom. The predicted octanol–water partition coefficient (Wildman–Crippen LogP) is 3.09. The van der Waals surface area contributed by atoms with Crippen molar-refractivity contribution < 1.29 is 4.39 Å². The summed E-state index contributed by atoms with van der Waals surface area (Å²) in [7, 11) is 0. The molecule has 0 saturated carbocycles. The van der Waals surface area contributed by atoms with Crippen molar-refractivity contribution in [1.82, 2.24) is 5.32 Å². The van der Waals surface area contributed by atoms with Gasteiger partial charge in [-0.3, -0.25) is 4.99 Å². The number of thioether (sulfide) groups is 1. The van der Waals surface area contributed by atoms with Gasteiger partial charge in [-0.05, 0) is 30.0 Å². The summed E-state index contributed by atoms with van der Waals surface area (Å²) in [6, 6.07) is 6.67. The van der Waals surface area contributed by atoms with E-state index in [-0.39, 0.29) is 5.82 Å². The van der Waals surface area contributed by atoms with Crippen LogP contribution in [0.1, 0.15) is 19.4 Å². The van der Waals surface area contributed by atoms with Crippen molar-refractivity contribution in [3.05, 3.63) is 35.6 Å². The first kappa shape index (κ1) is 13.4. The number of hydrogen-bond acceptors (Lipinski definition) is 3. The van der Waals surface area contributed by atoms with Crippen molar-refractivity contribution in [2.45, 2.75) is 25.5 Å². The van der Waals surface area contributed by atoms with Gasteiger partial charge in [-0.1, -0.05) is 37.7 Å². The molecule has 0 aromatic heterocycles. The molecule has 1 aromatic carbocycles. The lowest BCUT2D eigenvalue weighted by Gasteiger charge is -2.12. The summed E-state index contributed by atoms with van der Waals surface area (Å²) in [6.45, 7) is 6.23. The van der Waals surface area contributed by atoms with Crippen LogP contribution in [0.15, 0.2) is 29.3 Å². The van der Waals surface area contributed by atoms with E-state index >= 15 is 0 Å². The molecule has 1 N–H and O–H groups in total. The second-order valence-electron chi connectivity index (χ2n) is 4.85. The van der Waals surface area contributed by atoms with Gasteiger partial charge in [0.2, 0.25) is 0 Å². The molecule has 0 spiro atoms. The molecule has 0 radical (unpaired) electrons. The molecule has 0 saturated heterocycles. The maximum absolute atomic E-state index is 12.7. The summed E-state index contributed by atoms with van der Waals surface area (Å²) in [4.78, 5) is 4.49. The molecule has 0 aliphatic carbocycles. The molecule has 0 fully saturated rings. The highest BCUT2D eigenvalue weighted by Crippen LogP contribution is 2.25. The van der Waals surface area contributed by atoms with Crippen LogP contribution in [0.4, 0.5) is 4.39 Å². The zero-order valence-electron chi connectivity index (χ0n) is 10.8. The van der Waals surface area contributed by atoms with Gasteiger partial charge in [0, 0.05) is 11.8 Å². The van der Waals surface area contributed by atoms with Crippen molar-refractivity contribution in [3.8, 4) is 0 Å². The molecular weight excluding hydrogens is 247 g/mol. The smallest absolute Gasteiger partial charge is 0.156 e. The highest BCUT2D eigenvalue weighted by Gasteiger charge is 2.21. The molecule has 4 heteroatoms. The third-order valence-electron chi connectivity index (χ3n) is 3.02. The van der Waals surface area contributed by atoms with Crippen LogP contribution < -0.4 is 5.32 Å². The fourth-order valence-corrected chi connectivity index (χ4v) is 2.84. The summed E-state index contributed by atoms with van der Waals surface area (Å²) in [6.07, 6.45) is 0.895. The molecule has 18 heavy (non-hydrogen) atoms. The molecule has 2 rings (SSSR count). The van der Waals surface area contributed by atoms with Crippen molar-refractivity contribution in [3.63, 3.8) is 0 Å². The van der Waals surface area contributed by atoms with Gasteiger partial charge in [0.15, 0.2) is 5.17 Å². The molecule has 1 aliphatic rings. The van der Waals surface area contributed by atoms with E-state index < -0.39 is 0 Å². The average Bonchev–Trinajstić information content (AvgIpc) is 2.81. The summed E-state index contributed by atoms with van der Waals surface area (Å²) in [5.74, 6) is 0.484. The minimum Gasteiger partial charge on any atom is -0.365 e. The highest BCUT2D eigenvalue weighted by atomic mass is 32.2. The number of halogens is 1. The Labute approximate surface area is 112 Å². The molecule has 98 valence electrons. The maximum Gasteiger partial charge on any atom is 0.156 e. The van der Waals surface area contributed by atoms with Crippen LogP contribution in [0.25, 0.3) is 0 Å². The van der Waals surface area contributed by atoms with Crippen LogP contribution >= 0.6 is 11.8 Å². The fourth-order valence-electron chi connectivity index (χ4n) is 1.80. The minimum absolute atomic E-state index is 0.179. The number of nitrogens with zero attached hydrogens (tertiary/aromatic N) is 1. The Bertz CT molecular complexity index is 414. The van der Waals surface area contributed by atoms with Crippen LogP contribution in [-0.4, -0.2) is 23.5 Å². The van der Waals surface area contributed by atoms with Crippen LogP contribution in [0.2, 0.25) is 0 Å². The van der Waals surface area contributed by atoms with E-state index in [2.05, 4.69) is 24.2 Å². The normalized spacial score (nSPS) is 19.1. The zero-order chi connectivity index (χ0) is 13.0. The molecule has 0 bridgehead atoms. The van der Waals surface area contributed by atoms with E-state index in [1.807, 2.05) is 23.9 Å². The molecule has 1 heterocycles. The number of rotatable bonds is 4. The molecule has 1 aromatic rings. The minimum atomic E-state index is -0.179. The quantitative estimate of drug-likeness (QED) is 0.905. The first-order valence-electron chi connectivity index (χ1n) is 6.34. The molecule has 1 aliphatic heterocycles. The fraction of sp³-hybridized carbons (Fsp3) is 0.500. The Kier molecular flexibility index (Phi) is 4.64. The largest absolute Gasteiger partial charge is 0.365 e. The van der Waals surface area contributed by atoms with Gasteiger partial charge in [-0.15, -0.1) is 0 Å². The Morgan fingerprint density at radius 1 is 1.39 bits per heavy atom. The van der Waals surface area contributed by atoms with Crippen LogP contribution in [0.3, 0.4) is 0 Å². The summed E-state index contributed by atoms with van der Waals surface area (Å²) in [5, 5.41) is 5.01. The number of amidine groups is 1. The van der Waals surface area contributed by atoms with E-state index in [4.69, 9.17) is 0 Å². The van der Waals surface area contributed by atoms with Gasteiger partial charge in [0.25, 0.3) is 0 Å². The lowest BCUT2D eigenvalue weighted by atomic mass is 10.1. The van der Waals surface area contributed by atoms with Gasteiger partial charge in [0.05, 0.1) is 6.54 Å². The average molecular weight is 266 g/mol. The Morgan fingerprint density at radius 3 is 2.72 bits per heavy atom. The monoisotopic (exact) mass is 266 g/mol. The van der Waals surface area contributed by atoms with Gasteiger partial charge < -0.3 is 5.32 Å². The topological polar surface area (TPSA) is 24.4 Å². The molecule has 0 amide bonds. The number of benzene rings is 1. The Hall–Kier alpha value is -1.03. The standard InChI is InChI=1S/C14H19FN2S/c1-10(2)13-9-17-14(18-13)16-8-7-11-3-5-12(15)6-4-11/h3-6,10,13H,7-9H2,1-2H3,(H,16,17). The first-order valence-corrected chi connectivity index (χ1v) is 7.22. The maximum atomic E-state index is 12.7. The van der Waals surface area contributed by atoms with Crippen molar-refractivity contribution >= 4 is 16.9 Å². The second-order valence-corrected chi connectivity index (χ2v) is 6.08. The van der Waals surface area contributed by atoms with E-state index in [0.29, 0.717) is 11.2 Å². The van der Waals surface area contributed by atoms with E-state index in [1.165, 1.54) is 12.1 Å². The van der Waals surface area contributed by atoms with Gasteiger partial charge >= 0.3 is 0 Å². The van der Waals surface area contributed by atoms with Crippen molar-refractivity contribution in [1.29, 1.82) is 0 Å². The molecule has 1 unspecified atom stereocenters. The lowest BCUT2D eigenvalue weighted by Crippen LogP contribution is -2.22. The van der Waals surface area contributed by atoms with Crippen LogP contribution in [0.5, 0.6) is 0 Å². The number of nitrogens with one attached hydrogen (secondary N) is 1. The molecular formula is C14H19FN2S. The van der Waals surface area contributed by atoms with Gasteiger partial charge in [-0.2, -0.15) is 0 Å². The van der Waals surface area contributed by atoms with Crippen molar-refractivity contribution in [2.24, 2.45) is 10.9 Å². The van der Waals surface area contributed by atoms with Crippen LogP contribution in [-0.2, 0) is 6.42 Å². The van der Waals surface area contributed by atoms with Gasteiger partial charge in [0.1, 0.15) is 5.82 Å². The SMILES string of the molecule is CC(C)C1CN=C(NCCc2ccc(F)cc2)S1. The predicted molar refractivity (Wildman–Crippen MR) is 76.6 cm³/mol. The van der Waals surface area contributed by atoms with E-state index in [9.17, 15) is 4.39 Å². The van der Waals surface area contributed by atoms with Crippen LogP contribution in [0, 0.1) is 11.7 Å². The van der Waals surface area contributed by atoms with E-state index in [0.717, 1.165) is 30.2 Å². The third-order valence-corrected chi connectivity index (χ3v) is 4.52.